The molecule has 1 aromatic carbocycles. The second-order valence-electron chi connectivity index (χ2n) is 5.54. The Bertz CT molecular complexity index is 423. The third-order valence-corrected chi connectivity index (χ3v) is 3.79. The van der Waals surface area contributed by atoms with E-state index in [9.17, 15) is 13.6 Å². The molecule has 20 heavy (non-hydrogen) atoms. The summed E-state index contributed by atoms with van der Waals surface area (Å²) in [5.74, 6) is -2.55. The van der Waals surface area contributed by atoms with Gasteiger partial charge in [0.05, 0.1) is 0 Å². The molecular weight excluding hydrogens is 260 g/mol. The van der Waals surface area contributed by atoms with E-state index in [0.29, 0.717) is 19.3 Å². The van der Waals surface area contributed by atoms with E-state index in [0.717, 1.165) is 12.8 Å². The SMILES string of the molecule is O=C(CCCc1ccccc1)NC1CCC(F)(F)CC1. The fourth-order valence-corrected chi connectivity index (χ4v) is 2.58. The van der Waals surface area contributed by atoms with Crippen LogP contribution in [0.2, 0.25) is 0 Å². The lowest BCUT2D eigenvalue weighted by Gasteiger charge is -2.28. The number of alkyl halides is 2. The molecule has 1 aliphatic carbocycles. The third-order valence-electron chi connectivity index (χ3n) is 3.79. The highest BCUT2D eigenvalue weighted by atomic mass is 19.3. The van der Waals surface area contributed by atoms with Crippen LogP contribution in [0.4, 0.5) is 8.78 Å². The topological polar surface area (TPSA) is 29.1 Å². The van der Waals surface area contributed by atoms with Crippen LogP contribution in [0.15, 0.2) is 30.3 Å². The van der Waals surface area contributed by atoms with E-state index in [4.69, 9.17) is 0 Å². The van der Waals surface area contributed by atoms with Crippen molar-refractivity contribution >= 4 is 5.91 Å². The number of amides is 1. The molecular formula is C16H21F2NO. The van der Waals surface area contributed by atoms with Crippen LogP contribution in [-0.4, -0.2) is 17.9 Å². The van der Waals surface area contributed by atoms with Crippen LogP contribution in [-0.2, 0) is 11.2 Å². The molecule has 0 unspecified atom stereocenters. The highest BCUT2D eigenvalue weighted by Gasteiger charge is 2.35. The van der Waals surface area contributed by atoms with Gasteiger partial charge in [-0.25, -0.2) is 8.78 Å². The molecule has 0 bridgehead atoms. The first kappa shape index (κ1) is 14.9. The standard InChI is InChI=1S/C16H21F2NO/c17-16(18)11-9-14(10-12-16)19-15(20)8-4-7-13-5-2-1-3-6-13/h1-3,5-6,14H,4,7-12H2,(H,19,20). The van der Waals surface area contributed by atoms with Gasteiger partial charge >= 0.3 is 0 Å². The molecule has 0 spiro atoms. The van der Waals surface area contributed by atoms with Gasteiger partial charge in [0, 0.05) is 25.3 Å². The van der Waals surface area contributed by atoms with E-state index in [1.807, 2.05) is 30.3 Å². The molecule has 1 amide bonds. The lowest BCUT2D eigenvalue weighted by atomic mass is 9.92. The van der Waals surface area contributed by atoms with Crippen LogP contribution < -0.4 is 5.32 Å². The van der Waals surface area contributed by atoms with Crippen LogP contribution in [0, 0.1) is 0 Å². The van der Waals surface area contributed by atoms with E-state index in [2.05, 4.69) is 5.32 Å². The third kappa shape index (κ3) is 4.91. The molecule has 1 saturated carbocycles. The Morgan fingerprint density at radius 3 is 2.50 bits per heavy atom. The number of halogens is 2. The zero-order valence-corrected chi connectivity index (χ0v) is 11.6. The molecule has 2 rings (SSSR count). The molecule has 0 heterocycles. The Morgan fingerprint density at radius 1 is 1.20 bits per heavy atom. The zero-order valence-electron chi connectivity index (χ0n) is 11.6. The minimum atomic E-state index is -2.53. The van der Waals surface area contributed by atoms with Gasteiger partial charge in [-0.2, -0.15) is 0 Å². The summed E-state index contributed by atoms with van der Waals surface area (Å²) in [5, 5.41) is 2.87. The van der Waals surface area contributed by atoms with Gasteiger partial charge in [-0.3, -0.25) is 4.79 Å². The maximum Gasteiger partial charge on any atom is 0.248 e. The number of hydrogen-bond donors (Lipinski definition) is 1. The fraction of sp³-hybridized carbons (Fsp3) is 0.562. The zero-order chi connectivity index (χ0) is 14.4. The van der Waals surface area contributed by atoms with Gasteiger partial charge in [0.2, 0.25) is 11.8 Å². The quantitative estimate of drug-likeness (QED) is 0.876. The Kier molecular flexibility index (Phi) is 5.10. The molecule has 0 saturated heterocycles. The highest BCUT2D eigenvalue weighted by molar-refractivity contribution is 5.76. The van der Waals surface area contributed by atoms with Gasteiger partial charge < -0.3 is 5.32 Å². The van der Waals surface area contributed by atoms with Crippen molar-refractivity contribution in [3.8, 4) is 0 Å². The Labute approximate surface area is 118 Å². The predicted octanol–water partition coefficient (Wildman–Crippen LogP) is 3.70. The van der Waals surface area contributed by atoms with Crippen molar-refractivity contribution in [3.63, 3.8) is 0 Å². The van der Waals surface area contributed by atoms with Crippen LogP contribution in [0.5, 0.6) is 0 Å². The number of rotatable bonds is 5. The van der Waals surface area contributed by atoms with Crippen molar-refractivity contribution in [1.82, 2.24) is 5.32 Å². The van der Waals surface area contributed by atoms with Crippen molar-refractivity contribution in [3.05, 3.63) is 35.9 Å². The first-order valence-corrected chi connectivity index (χ1v) is 7.26. The molecule has 1 fully saturated rings. The molecule has 1 N–H and O–H groups in total. The molecule has 0 aromatic heterocycles. The minimum absolute atomic E-state index is 0.0175. The van der Waals surface area contributed by atoms with E-state index in [1.54, 1.807) is 0 Å². The summed E-state index contributed by atoms with van der Waals surface area (Å²) in [6, 6.07) is 9.95. The van der Waals surface area contributed by atoms with E-state index in [1.165, 1.54) is 5.56 Å². The van der Waals surface area contributed by atoms with Crippen LogP contribution in [0.25, 0.3) is 0 Å². The average Bonchev–Trinajstić information content (AvgIpc) is 2.42. The molecule has 4 heteroatoms. The second kappa shape index (κ2) is 6.82. The van der Waals surface area contributed by atoms with Crippen molar-refractivity contribution in [2.24, 2.45) is 0 Å². The van der Waals surface area contributed by atoms with E-state index >= 15 is 0 Å². The van der Waals surface area contributed by atoms with Crippen molar-refractivity contribution in [2.75, 3.05) is 0 Å². The number of carbonyl (C=O) groups excluding carboxylic acids is 1. The van der Waals surface area contributed by atoms with E-state index in [-0.39, 0.29) is 24.8 Å². The average molecular weight is 281 g/mol. The molecule has 1 aromatic rings. The summed E-state index contributed by atoms with van der Waals surface area (Å²) in [5.41, 5.74) is 1.22. The van der Waals surface area contributed by atoms with Gasteiger partial charge in [-0.1, -0.05) is 30.3 Å². The monoisotopic (exact) mass is 281 g/mol. The summed E-state index contributed by atoms with van der Waals surface area (Å²) >= 11 is 0. The van der Waals surface area contributed by atoms with Crippen LogP contribution >= 0.6 is 0 Å². The predicted molar refractivity (Wildman–Crippen MR) is 74.7 cm³/mol. The normalized spacial score (nSPS) is 18.7. The first-order valence-electron chi connectivity index (χ1n) is 7.26. The number of nitrogens with one attached hydrogen (secondary N) is 1. The highest BCUT2D eigenvalue weighted by Crippen LogP contribution is 2.32. The number of benzene rings is 1. The molecule has 1 aliphatic rings. The Balaban J connectivity index is 1.64. The van der Waals surface area contributed by atoms with Crippen molar-refractivity contribution in [2.45, 2.75) is 56.9 Å². The van der Waals surface area contributed by atoms with E-state index < -0.39 is 5.92 Å². The number of carbonyl (C=O) groups is 1. The van der Waals surface area contributed by atoms with Crippen molar-refractivity contribution < 1.29 is 13.6 Å². The summed E-state index contributed by atoms with van der Waals surface area (Å²) in [6.07, 6.45) is 2.68. The molecule has 0 aliphatic heterocycles. The number of aryl methyl sites for hydroxylation is 1. The van der Waals surface area contributed by atoms with Gasteiger partial charge in [0.1, 0.15) is 0 Å². The van der Waals surface area contributed by atoms with Gasteiger partial charge in [-0.05, 0) is 31.2 Å². The Hall–Kier alpha value is -1.45. The van der Waals surface area contributed by atoms with Gasteiger partial charge in [-0.15, -0.1) is 0 Å². The lowest BCUT2D eigenvalue weighted by molar-refractivity contribution is -0.123. The number of hydrogen-bond acceptors (Lipinski definition) is 1. The summed E-state index contributed by atoms with van der Waals surface area (Å²) in [6.45, 7) is 0. The van der Waals surface area contributed by atoms with Crippen LogP contribution in [0.3, 0.4) is 0 Å². The maximum atomic E-state index is 13.0. The minimum Gasteiger partial charge on any atom is -0.353 e. The fourth-order valence-electron chi connectivity index (χ4n) is 2.58. The van der Waals surface area contributed by atoms with Crippen molar-refractivity contribution in [1.29, 1.82) is 0 Å². The van der Waals surface area contributed by atoms with Gasteiger partial charge in [0.15, 0.2) is 0 Å². The molecule has 110 valence electrons. The smallest absolute Gasteiger partial charge is 0.248 e. The maximum absolute atomic E-state index is 13.0. The second-order valence-corrected chi connectivity index (χ2v) is 5.54. The first-order chi connectivity index (χ1) is 9.55. The Morgan fingerprint density at radius 2 is 1.85 bits per heavy atom. The molecule has 0 atom stereocenters. The lowest BCUT2D eigenvalue weighted by Crippen LogP contribution is -2.40. The molecule has 2 nitrogen and oxygen atoms in total. The largest absolute Gasteiger partial charge is 0.353 e. The van der Waals surface area contributed by atoms with Gasteiger partial charge in [0.25, 0.3) is 0 Å². The molecule has 0 radical (unpaired) electrons. The summed E-state index contributed by atoms with van der Waals surface area (Å²) in [7, 11) is 0. The summed E-state index contributed by atoms with van der Waals surface area (Å²) < 4.78 is 26.0. The summed E-state index contributed by atoms with van der Waals surface area (Å²) in [4.78, 5) is 11.8. The van der Waals surface area contributed by atoms with Crippen LogP contribution in [0.1, 0.15) is 44.1 Å².